The molecule has 27 rings (SSSR count). The van der Waals surface area contributed by atoms with Crippen molar-refractivity contribution >= 4 is 182 Å². The fourth-order valence-corrected chi connectivity index (χ4v) is 22.9. The summed E-state index contributed by atoms with van der Waals surface area (Å²) in [6, 6.07) is 139. The van der Waals surface area contributed by atoms with Crippen molar-refractivity contribution < 1.29 is 13.3 Å². The molecule has 0 aliphatic rings. The lowest BCUT2D eigenvalue weighted by Gasteiger charge is -2.14. The van der Waals surface area contributed by atoms with E-state index < -0.39 is 0 Å². The number of benzene rings is 19. The smallest absolute Gasteiger partial charge is 0.164 e. The number of furan rings is 3. The van der Waals surface area contributed by atoms with Gasteiger partial charge >= 0.3 is 0 Å². The predicted molar refractivity (Wildman–Crippen MR) is 534 cm³/mol. The van der Waals surface area contributed by atoms with Gasteiger partial charge in [0, 0.05) is 137 Å². The number of rotatable bonds is 12. The van der Waals surface area contributed by atoms with Crippen molar-refractivity contribution in [3.63, 3.8) is 0 Å². The predicted octanol–water partition coefficient (Wildman–Crippen LogP) is 33.2. The molecule has 0 radical (unpaired) electrons. The van der Waals surface area contributed by atoms with Crippen LogP contribution >= 0.6 is 34.0 Å². The zero-order valence-corrected chi connectivity index (χ0v) is 70.5. The van der Waals surface area contributed by atoms with Gasteiger partial charge in [-0.1, -0.05) is 285 Å². The average molecular weight is 1690 g/mol. The molecular weight excluding hydrogens is 1620 g/mol. The summed E-state index contributed by atoms with van der Waals surface area (Å²) in [7, 11) is 0. The van der Waals surface area contributed by atoms with Crippen molar-refractivity contribution in [3.05, 3.63) is 388 Å². The van der Waals surface area contributed by atoms with Crippen LogP contribution in [0, 0.1) is 0 Å². The summed E-state index contributed by atoms with van der Waals surface area (Å²) in [4.78, 5) is 32.3. The minimum absolute atomic E-state index is 0.566. The summed E-state index contributed by atoms with van der Waals surface area (Å²) in [5.41, 5.74) is 23.2. The molecule has 8 heterocycles. The Bertz CT molecular complexity index is 9360. The Morgan fingerprint density at radius 2 is 0.594 bits per heavy atom. The first-order valence-corrected chi connectivity index (χ1v) is 45.3. The van der Waals surface area contributed by atoms with Gasteiger partial charge in [-0.2, -0.15) is 0 Å². The highest BCUT2D eigenvalue weighted by Crippen LogP contribution is 2.51. The van der Waals surface area contributed by atoms with Gasteiger partial charge in [-0.25, -0.2) is 29.9 Å². The topological polar surface area (TPSA) is 117 Å². The quantitative estimate of drug-likeness (QED) is 0.118. The van der Waals surface area contributed by atoms with Gasteiger partial charge in [0.1, 0.15) is 33.5 Å². The Morgan fingerprint density at radius 1 is 0.156 bits per heavy atom. The second kappa shape index (κ2) is 28.7. The highest BCUT2D eigenvalue weighted by atomic mass is 32.1. The number of hydrogen-bond acceptors (Lipinski definition) is 12. The van der Waals surface area contributed by atoms with E-state index in [1.54, 1.807) is 22.7 Å². The second-order valence-electron chi connectivity index (χ2n) is 33.0. The molecule has 0 saturated carbocycles. The maximum atomic E-state index is 7.02. The van der Waals surface area contributed by atoms with Gasteiger partial charge in [0.05, 0.1) is 0 Å². The van der Waals surface area contributed by atoms with Gasteiger partial charge in [0.15, 0.2) is 34.9 Å². The molecule has 594 valence electrons. The third kappa shape index (κ3) is 11.7. The van der Waals surface area contributed by atoms with Crippen molar-refractivity contribution in [3.8, 4) is 135 Å². The van der Waals surface area contributed by atoms with E-state index in [9.17, 15) is 0 Å². The Kier molecular flexibility index (Phi) is 16.2. The molecule has 0 N–H and O–H groups in total. The third-order valence-corrected chi connectivity index (χ3v) is 29.0. The van der Waals surface area contributed by atoms with Gasteiger partial charge < -0.3 is 13.3 Å². The van der Waals surface area contributed by atoms with E-state index in [2.05, 4.69) is 364 Å². The first kappa shape index (κ1) is 72.3. The van der Waals surface area contributed by atoms with Gasteiger partial charge in [-0.05, 0) is 180 Å². The maximum absolute atomic E-state index is 7.02. The maximum Gasteiger partial charge on any atom is 0.164 e. The number of nitrogens with zero attached hydrogens (tertiary/aromatic N) is 6. The molecule has 128 heavy (non-hydrogen) atoms. The Labute approximate surface area is 742 Å². The molecule has 27 aromatic rings. The molecule has 0 amide bonds. The van der Waals surface area contributed by atoms with Crippen LogP contribution in [0.5, 0.6) is 0 Å². The lowest BCUT2D eigenvalue weighted by molar-refractivity contribution is 0.665. The van der Waals surface area contributed by atoms with E-state index in [0.29, 0.717) is 34.9 Å². The highest BCUT2D eigenvalue weighted by Gasteiger charge is 2.27. The molecule has 0 unspecified atom stereocenters. The average Bonchev–Trinajstić information content (AvgIpc) is 1.54. The van der Waals surface area contributed by atoms with Gasteiger partial charge in [0.25, 0.3) is 0 Å². The lowest BCUT2D eigenvalue weighted by Crippen LogP contribution is -2.01. The van der Waals surface area contributed by atoms with Crippen LogP contribution in [-0.2, 0) is 0 Å². The number of aromatic nitrogens is 6. The van der Waals surface area contributed by atoms with Gasteiger partial charge in [0.2, 0.25) is 0 Å². The summed E-state index contributed by atoms with van der Waals surface area (Å²) >= 11 is 5.42. The van der Waals surface area contributed by atoms with Crippen LogP contribution in [0.3, 0.4) is 0 Å². The minimum Gasteiger partial charge on any atom is -0.456 e. The van der Waals surface area contributed by atoms with Crippen LogP contribution in [0.1, 0.15) is 0 Å². The fourth-order valence-electron chi connectivity index (χ4n) is 19.5. The largest absolute Gasteiger partial charge is 0.456 e. The minimum atomic E-state index is 0.566. The summed E-state index contributed by atoms with van der Waals surface area (Å²) in [5.74, 6) is 3.58. The van der Waals surface area contributed by atoms with E-state index in [4.69, 9.17) is 43.2 Å². The van der Waals surface area contributed by atoms with E-state index in [0.717, 1.165) is 187 Å². The summed E-state index contributed by atoms with van der Waals surface area (Å²) in [6.45, 7) is 0. The lowest BCUT2D eigenvalue weighted by atomic mass is 9.90. The second-order valence-corrected chi connectivity index (χ2v) is 36.2. The van der Waals surface area contributed by atoms with Gasteiger partial charge in [-0.15, -0.1) is 34.0 Å². The molecular formula is C116H64N6O3S3. The van der Waals surface area contributed by atoms with Gasteiger partial charge in [-0.3, -0.25) is 0 Å². The SMILES string of the molecule is c1ccc2cc(-c3nc(-c4ccc(-c5cc(-c6ccc7c(c6)sc6cccc(-c8ccc(-c9ccc(-c%10nc(-c%11cc(-c%12ccc(-c%13cccc%14c%13oc%13ccccc%13%14)c%13oc%14ccccc%14c%12%13)c%12ccccc%12c%11)nc(-c%11cccc%12sc%13ccccc%13c%11%12)n%10)cc9)cc8)c67)cc6oc7ccccc7c56)cc4)nc(-c4ccc5sc6ccccc6c5c4)n3)ccc2c1. The Morgan fingerprint density at radius 3 is 1.33 bits per heavy atom. The van der Waals surface area contributed by atoms with E-state index in [1.807, 2.05) is 35.6 Å². The number of fused-ring (bicyclic) bond motifs is 20. The third-order valence-electron chi connectivity index (χ3n) is 25.6. The van der Waals surface area contributed by atoms with E-state index >= 15 is 0 Å². The van der Waals surface area contributed by atoms with Crippen LogP contribution in [0.15, 0.2) is 401 Å². The van der Waals surface area contributed by atoms with Crippen molar-refractivity contribution in [1.82, 2.24) is 29.9 Å². The number of thiophene rings is 3. The number of hydrogen-bond donors (Lipinski definition) is 0. The number of para-hydroxylation sites is 4. The molecule has 0 atom stereocenters. The molecule has 0 fully saturated rings. The Balaban J connectivity index is 0.521. The van der Waals surface area contributed by atoms with Crippen LogP contribution in [0.2, 0.25) is 0 Å². The van der Waals surface area contributed by atoms with E-state index in [-0.39, 0.29) is 0 Å². The summed E-state index contributed by atoms with van der Waals surface area (Å²) in [6.07, 6.45) is 0. The van der Waals surface area contributed by atoms with Crippen LogP contribution in [-0.4, -0.2) is 29.9 Å². The first-order valence-electron chi connectivity index (χ1n) is 42.8. The van der Waals surface area contributed by atoms with Crippen LogP contribution in [0.4, 0.5) is 0 Å². The fraction of sp³-hybridized carbons (Fsp3) is 0. The molecule has 8 aromatic heterocycles. The van der Waals surface area contributed by atoms with Crippen LogP contribution < -0.4 is 0 Å². The zero-order chi connectivity index (χ0) is 83.8. The van der Waals surface area contributed by atoms with Crippen molar-refractivity contribution in [2.24, 2.45) is 0 Å². The molecule has 12 heteroatoms. The normalized spacial score (nSPS) is 12.1. The monoisotopic (exact) mass is 1680 g/mol. The molecule has 0 aliphatic carbocycles. The molecule has 0 saturated heterocycles. The molecule has 9 nitrogen and oxygen atoms in total. The Hall–Kier alpha value is -16.2. The zero-order valence-electron chi connectivity index (χ0n) is 68.1. The molecule has 0 spiro atoms. The molecule has 0 aliphatic heterocycles. The summed E-state index contributed by atoms with van der Waals surface area (Å²) < 4.78 is 27.8. The van der Waals surface area contributed by atoms with E-state index in [1.165, 1.54) is 60.7 Å². The summed E-state index contributed by atoms with van der Waals surface area (Å²) in [5, 5.41) is 17.9. The molecule has 19 aromatic carbocycles. The first-order chi connectivity index (χ1) is 63.3. The van der Waals surface area contributed by atoms with Crippen molar-refractivity contribution in [2.45, 2.75) is 0 Å². The van der Waals surface area contributed by atoms with Crippen molar-refractivity contribution in [1.29, 1.82) is 0 Å². The van der Waals surface area contributed by atoms with Crippen molar-refractivity contribution in [2.75, 3.05) is 0 Å². The van der Waals surface area contributed by atoms with Crippen LogP contribution in [0.25, 0.3) is 283 Å². The molecule has 0 bridgehead atoms. The highest BCUT2D eigenvalue weighted by molar-refractivity contribution is 7.26. The standard InChI is InChI=1S/C116H64N6O3S3/c1-2-19-72-58-75(51-42-65(72)18-1)113-117-111(118-114(120-113)76-53-57-101-94(60-76)82-23-8-13-34-99(82)126-101)71-49-45-69(46-50-71)92-61-77(63-98-105(92)87-24-6-11-32-96(87)123-98)73-52-54-90-104(64-73)128-102-36-16-27-80(106(90)102)68-43-38-66(39-44-68)67-40-47-70(48-41-67)112-119-115(122-116(121-112)91-30-17-37-103-107(91)89-26-9-14-35-100(89)127-103)78-59-74-20-3-4-21-79(74)93(62-78)83-55-56-86(110-108(83)88-25-7-12-33-97(88)125-110)85-29-15-28-84-81-22-5-10-31-95(81)124-109(84)85/h1-64H.